The number of hydrogen-bond acceptors (Lipinski definition) is 2. The molecule has 2 atom stereocenters. The predicted octanol–water partition coefficient (Wildman–Crippen LogP) is 2.95. The van der Waals surface area contributed by atoms with Gasteiger partial charge in [0.2, 0.25) is 5.91 Å². The van der Waals surface area contributed by atoms with Crippen LogP contribution < -0.4 is 10.6 Å². The molecule has 1 aromatic rings. The van der Waals surface area contributed by atoms with Crippen LogP contribution in [0.5, 0.6) is 0 Å². The molecule has 3 nitrogen and oxygen atoms in total. The number of nitrogens with two attached hydrogens (primary N) is 1. The average Bonchev–Trinajstić information content (AvgIpc) is 2.40. The number of hydrogen-bond donors (Lipinski definition) is 1. The number of para-hydroxylation sites is 1. The lowest BCUT2D eigenvalue weighted by Gasteiger charge is -2.39. The molecule has 0 bridgehead atoms. The molecule has 2 unspecified atom stereocenters. The van der Waals surface area contributed by atoms with Crippen LogP contribution in [0.4, 0.5) is 5.69 Å². The minimum absolute atomic E-state index is 0.0766. The fraction of sp³-hybridized carbons (Fsp3) is 0.562. The number of amides is 1. The van der Waals surface area contributed by atoms with Crippen molar-refractivity contribution < 1.29 is 4.79 Å². The largest absolute Gasteiger partial charge is 0.317 e. The van der Waals surface area contributed by atoms with Gasteiger partial charge in [-0.15, -0.1) is 0 Å². The van der Waals surface area contributed by atoms with Crippen LogP contribution in [0, 0.1) is 5.92 Å². The van der Waals surface area contributed by atoms with Crippen molar-refractivity contribution >= 4 is 11.6 Å². The standard InChI is InChI=1S/C16H24N2O/c1-3-18(14-9-5-4-6-10-14)15(19)16(17)11-7-8-13(2)12-16/h4-6,9-10,13H,3,7-8,11-12,17H2,1-2H3. The summed E-state index contributed by atoms with van der Waals surface area (Å²) in [7, 11) is 0. The molecule has 0 spiro atoms. The smallest absolute Gasteiger partial charge is 0.247 e. The lowest BCUT2D eigenvalue weighted by atomic mass is 9.76. The first-order valence-corrected chi connectivity index (χ1v) is 7.22. The van der Waals surface area contributed by atoms with E-state index in [0.29, 0.717) is 12.5 Å². The van der Waals surface area contributed by atoms with Gasteiger partial charge in [0, 0.05) is 12.2 Å². The van der Waals surface area contributed by atoms with Gasteiger partial charge in [0.05, 0.1) is 5.54 Å². The number of carbonyl (C=O) groups is 1. The number of rotatable bonds is 3. The maximum Gasteiger partial charge on any atom is 0.247 e. The molecule has 2 N–H and O–H groups in total. The molecule has 3 heteroatoms. The highest BCUT2D eigenvalue weighted by Crippen LogP contribution is 2.32. The number of nitrogens with zero attached hydrogens (tertiary/aromatic N) is 1. The zero-order valence-electron chi connectivity index (χ0n) is 11.9. The molecule has 0 radical (unpaired) electrons. The van der Waals surface area contributed by atoms with Crippen molar-refractivity contribution in [2.75, 3.05) is 11.4 Å². The van der Waals surface area contributed by atoms with Gasteiger partial charge in [0.15, 0.2) is 0 Å². The molecule has 2 rings (SSSR count). The fourth-order valence-corrected chi connectivity index (χ4v) is 3.11. The minimum atomic E-state index is -0.677. The van der Waals surface area contributed by atoms with Crippen molar-refractivity contribution in [1.82, 2.24) is 0 Å². The summed E-state index contributed by atoms with van der Waals surface area (Å²) < 4.78 is 0. The molecule has 0 saturated heterocycles. The van der Waals surface area contributed by atoms with Crippen LogP contribution in [0.3, 0.4) is 0 Å². The number of benzene rings is 1. The van der Waals surface area contributed by atoms with Gasteiger partial charge in [-0.3, -0.25) is 4.79 Å². The molecule has 0 aromatic heterocycles. The summed E-state index contributed by atoms with van der Waals surface area (Å²) in [4.78, 5) is 14.6. The highest BCUT2D eigenvalue weighted by atomic mass is 16.2. The van der Waals surface area contributed by atoms with Crippen molar-refractivity contribution in [2.45, 2.75) is 45.1 Å². The number of likely N-dealkylation sites (N-methyl/N-ethyl adjacent to an activating group) is 1. The molecule has 1 saturated carbocycles. The summed E-state index contributed by atoms with van der Waals surface area (Å²) in [5.41, 5.74) is 6.68. The van der Waals surface area contributed by atoms with E-state index in [1.54, 1.807) is 0 Å². The lowest BCUT2D eigenvalue weighted by molar-refractivity contribution is -0.125. The van der Waals surface area contributed by atoms with Crippen LogP contribution in [0.25, 0.3) is 0 Å². The fourth-order valence-electron chi connectivity index (χ4n) is 3.11. The van der Waals surface area contributed by atoms with Crippen molar-refractivity contribution in [1.29, 1.82) is 0 Å². The summed E-state index contributed by atoms with van der Waals surface area (Å²) in [6, 6.07) is 9.81. The SMILES string of the molecule is CCN(C(=O)C1(N)CCCC(C)C1)c1ccccc1. The first-order chi connectivity index (χ1) is 9.07. The molecule has 19 heavy (non-hydrogen) atoms. The zero-order valence-corrected chi connectivity index (χ0v) is 11.9. The van der Waals surface area contributed by atoms with E-state index < -0.39 is 5.54 Å². The molecule has 0 heterocycles. The first kappa shape index (κ1) is 14.1. The third-order valence-electron chi connectivity index (χ3n) is 4.09. The van der Waals surface area contributed by atoms with Crippen molar-refractivity contribution in [2.24, 2.45) is 11.7 Å². The Kier molecular flexibility index (Phi) is 4.25. The summed E-state index contributed by atoms with van der Waals surface area (Å²) in [6.45, 7) is 4.85. The highest BCUT2D eigenvalue weighted by Gasteiger charge is 2.40. The van der Waals surface area contributed by atoms with Crippen LogP contribution in [-0.2, 0) is 4.79 Å². The Morgan fingerprint density at radius 1 is 1.42 bits per heavy atom. The molecular formula is C16H24N2O. The third-order valence-corrected chi connectivity index (χ3v) is 4.09. The van der Waals surface area contributed by atoms with Gasteiger partial charge >= 0.3 is 0 Å². The normalized spacial score (nSPS) is 27.0. The van der Waals surface area contributed by atoms with Gasteiger partial charge in [-0.25, -0.2) is 0 Å². The predicted molar refractivity (Wildman–Crippen MR) is 79.0 cm³/mol. The first-order valence-electron chi connectivity index (χ1n) is 7.22. The average molecular weight is 260 g/mol. The van der Waals surface area contributed by atoms with Crippen molar-refractivity contribution in [3.63, 3.8) is 0 Å². The molecule has 1 aliphatic carbocycles. The number of anilines is 1. The Morgan fingerprint density at radius 3 is 2.68 bits per heavy atom. The maximum atomic E-state index is 12.8. The van der Waals surface area contributed by atoms with Gasteiger partial charge < -0.3 is 10.6 Å². The van der Waals surface area contributed by atoms with Crippen LogP contribution in [-0.4, -0.2) is 18.0 Å². The topological polar surface area (TPSA) is 46.3 Å². The van der Waals surface area contributed by atoms with E-state index in [1.807, 2.05) is 42.2 Å². The van der Waals surface area contributed by atoms with Crippen LogP contribution in [0.2, 0.25) is 0 Å². The van der Waals surface area contributed by atoms with Crippen LogP contribution >= 0.6 is 0 Å². The van der Waals surface area contributed by atoms with E-state index in [1.165, 1.54) is 6.42 Å². The molecule has 104 valence electrons. The second-order valence-electron chi connectivity index (χ2n) is 5.74. The van der Waals surface area contributed by atoms with E-state index in [9.17, 15) is 4.79 Å². The molecule has 0 aliphatic heterocycles. The van der Waals surface area contributed by atoms with E-state index in [4.69, 9.17) is 5.73 Å². The summed E-state index contributed by atoms with van der Waals surface area (Å²) >= 11 is 0. The lowest BCUT2D eigenvalue weighted by Crippen LogP contribution is -2.57. The van der Waals surface area contributed by atoms with Crippen LogP contribution in [0.1, 0.15) is 39.5 Å². The molecule has 1 aliphatic rings. The highest BCUT2D eigenvalue weighted by molar-refractivity contribution is 6.00. The molecule has 1 fully saturated rings. The maximum absolute atomic E-state index is 12.8. The van der Waals surface area contributed by atoms with E-state index in [2.05, 4.69) is 6.92 Å². The molecule has 1 amide bonds. The van der Waals surface area contributed by atoms with Gasteiger partial charge in [0.1, 0.15) is 0 Å². The molecular weight excluding hydrogens is 236 g/mol. The second-order valence-corrected chi connectivity index (χ2v) is 5.74. The summed E-state index contributed by atoms with van der Waals surface area (Å²) in [5, 5.41) is 0. The third kappa shape index (κ3) is 2.98. The Hall–Kier alpha value is -1.35. The monoisotopic (exact) mass is 260 g/mol. The Labute approximate surface area is 115 Å². The Morgan fingerprint density at radius 2 is 2.11 bits per heavy atom. The minimum Gasteiger partial charge on any atom is -0.317 e. The Bertz CT molecular complexity index is 432. The zero-order chi connectivity index (χ0) is 13.9. The summed E-state index contributed by atoms with van der Waals surface area (Å²) in [6.07, 6.45) is 3.84. The van der Waals surface area contributed by atoms with Crippen molar-refractivity contribution in [3.05, 3.63) is 30.3 Å². The van der Waals surface area contributed by atoms with Gasteiger partial charge in [-0.1, -0.05) is 38.0 Å². The quantitative estimate of drug-likeness (QED) is 0.908. The molecule has 1 aromatic carbocycles. The second kappa shape index (κ2) is 5.74. The van der Waals surface area contributed by atoms with Gasteiger partial charge in [0.25, 0.3) is 0 Å². The van der Waals surface area contributed by atoms with Crippen LogP contribution in [0.15, 0.2) is 30.3 Å². The van der Waals surface area contributed by atoms with Gasteiger partial charge in [-0.2, -0.15) is 0 Å². The van der Waals surface area contributed by atoms with E-state index in [0.717, 1.165) is 24.9 Å². The van der Waals surface area contributed by atoms with E-state index >= 15 is 0 Å². The summed E-state index contributed by atoms with van der Waals surface area (Å²) in [5.74, 6) is 0.616. The van der Waals surface area contributed by atoms with E-state index in [-0.39, 0.29) is 5.91 Å². The van der Waals surface area contributed by atoms with Gasteiger partial charge in [-0.05, 0) is 37.8 Å². The number of carbonyl (C=O) groups excluding carboxylic acids is 1. The Balaban J connectivity index is 2.21. The van der Waals surface area contributed by atoms with Crippen molar-refractivity contribution in [3.8, 4) is 0 Å².